The number of ether oxygens (including phenoxy) is 2. The monoisotopic (exact) mass is 453 g/mol. The van der Waals surface area contributed by atoms with Crippen LogP contribution in [-0.2, 0) is 0 Å². The smallest absolute Gasteiger partial charge is 0.257 e. The van der Waals surface area contributed by atoms with Crippen LogP contribution in [-0.4, -0.2) is 47.1 Å². The first-order valence-corrected chi connectivity index (χ1v) is 10.4. The standard InChI is InChI=1S/C23H27N5O5/c1-23(2,3)19(13-9-10-16-17(11-13)32-12-31-16)25-21-20(26-33-27-21)24-15-8-6-7-14(18(15)29)22(30)28(4)5/h6-11,19,29H,12H2,1-5H3,(H,24,26)(H,25,27)/t19-/m0/s1. The van der Waals surface area contributed by atoms with Crippen LogP contribution in [0.5, 0.6) is 17.2 Å². The highest BCUT2D eigenvalue weighted by molar-refractivity contribution is 5.98. The third-order valence-electron chi connectivity index (χ3n) is 5.29. The maximum Gasteiger partial charge on any atom is 0.257 e. The number of hydrogen-bond donors (Lipinski definition) is 3. The molecule has 3 N–H and O–H groups in total. The van der Waals surface area contributed by atoms with Crippen LogP contribution in [0.15, 0.2) is 41.0 Å². The quantitative estimate of drug-likeness (QED) is 0.472. The minimum Gasteiger partial charge on any atom is -0.505 e. The van der Waals surface area contributed by atoms with Gasteiger partial charge in [-0.1, -0.05) is 32.9 Å². The van der Waals surface area contributed by atoms with Gasteiger partial charge in [-0.05, 0) is 45.6 Å². The summed E-state index contributed by atoms with van der Waals surface area (Å²) in [6, 6.07) is 10.5. The SMILES string of the molecule is CN(C)C(=O)c1cccc(Nc2nonc2N[C@@H](c2ccc3c(c2)OCO3)C(C)(C)C)c1O. The van der Waals surface area contributed by atoms with E-state index in [0.29, 0.717) is 23.0 Å². The summed E-state index contributed by atoms with van der Waals surface area (Å²) in [6.07, 6.45) is 0. The summed E-state index contributed by atoms with van der Waals surface area (Å²) in [6.45, 7) is 6.49. The Hall–Kier alpha value is -3.95. The lowest BCUT2D eigenvalue weighted by molar-refractivity contribution is 0.0824. The summed E-state index contributed by atoms with van der Waals surface area (Å²) in [4.78, 5) is 13.7. The summed E-state index contributed by atoms with van der Waals surface area (Å²) in [7, 11) is 3.24. The summed E-state index contributed by atoms with van der Waals surface area (Å²) >= 11 is 0. The number of nitrogens with zero attached hydrogens (tertiary/aromatic N) is 3. The second-order valence-corrected chi connectivity index (χ2v) is 9.04. The molecule has 4 rings (SSSR count). The van der Waals surface area contributed by atoms with Gasteiger partial charge in [0.25, 0.3) is 5.91 Å². The molecule has 0 unspecified atom stereocenters. The van der Waals surface area contributed by atoms with Gasteiger partial charge >= 0.3 is 0 Å². The molecule has 174 valence electrons. The van der Waals surface area contributed by atoms with Crippen molar-refractivity contribution in [2.75, 3.05) is 31.5 Å². The summed E-state index contributed by atoms with van der Waals surface area (Å²) < 4.78 is 15.9. The second kappa shape index (κ2) is 8.53. The number of anilines is 3. The van der Waals surface area contributed by atoms with E-state index < -0.39 is 0 Å². The predicted octanol–water partition coefficient (Wildman–Crippen LogP) is 4.15. The summed E-state index contributed by atoms with van der Waals surface area (Å²) in [5, 5.41) is 25.0. The van der Waals surface area contributed by atoms with Gasteiger partial charge in [0, 0.05) is 14.1 Å². The number of carbonyl (C=O) groups is 1. The van der Waals surface area contributed by atoms with Crippen LogP contribution in [0.1, 0.15) is 42.7 Å². The van der Waals surface area contributed by atoms with Crippen molar-refractivity contribution in [3.63, 3.8) is 0 Å². The highest BCUT2D eigenvalue weighted by atomic mass is 16.7. The number of para-hydroxylation sites is 1. The van der Waals surface area contributed by atoms with Gasteiger partial charge in [-0.3, -0.25) is 4.79 Å². The number of phenols is 1. The molecule has 1 aliphatic rings. The zero-order valence-corrected chi connectivity index (χ0v) is 19.2. The van der Waals surface area contributed by atoms with Crippen LogP contribution < -0.4 is 20.1 Å². The van der Waals surface area contributed by atoms with Crippen LogP contribution in [0.2, 0.25) is 0 Å². The Kier molecular flexibility index (Phi) is 5.75. The van der Waals surface area contributed by atoms with Crippen molar-refractivity contribution >= 4 is 23.2 Å². The van der Waals surface area contributed by atoms with Crippen molar-refractivity contribution in [2.45, 2.75) is 26.8 Å². The maximum absolute atomic E-state index is 12.3. The molecule has 2 aromatic carbocycles. The Morgan fingerprint density at radius 1 is 1.09 bits per heavy atom. The van der Waals surface area contributed by atoms with Crippen molar-refractivity contribution < 1.29 is 24.0 Å². The maximum atomic E-state index is 12.3. The fraction of sp³-hybridized carbons (Fsp3) is 0.348. The van der Waals surface area contributed by atoms with E-state index in [1.54, 1.807) is 32.3 Å². The van der Waals surface area contributed by atoms with Gasteiger partial charge < -0.3 is 30.1 Å². The molecule has 33 heavy (non-hydrogen) atoms. The largest absolute Gasteiger partial charge is 0.505 e. The Morgan fingerprint density at radius 3 is 2.55 bits per heavy atom. The average molecular weight is 453 g/mol. The molecule has 1 aliphatic heterocycles. The molecule has 0 spiro atoms. The van der Waals surface area contributed by atoms with E-state index in [4.69, 9.17) is 14.1 Å². The summed E-state index contributed by atoms with van der Waals surface area (Å²) in [5.74, 6) is 1.52. The number of carbonyl (C=O) groups excluding carboxylic acids is 1. The zero-order valence-electron chi connectivity index (χ0n) is 19.2. The van der Waals surface area contributed by atoms with E-state index in [1.165, 1.54) is 4.90 Å². The van der Waals surface area contributed by atoms with Crippen LogP contribution in [0, 0.1) is 5.41 Å². The molecular weight excluding hydrogens is 426 g/mol. The number of aromatic hydroxyl groups is 1. The first-order valence-electron chi connectivity index (χ1n) is 10.4. The first kappa shape index (κ1) is 22.3. The third-order valence-corrected chi connectivity index (χ3v) is 5.29. The van der Waals surface area contributed by atoms with E-state index in [9.17, 15) is 9.90 Å². The van der Waals surface area contributed by atoms with Crippen LogP contribution in [0.3, 0.4) is 0 Å². The number of hydrogen-bond acceptors (Lipinski definition) is 9. The van der Waals surface area contributed by atoms with Crippen molar-refractivity contribution in [3.05, 3.63) is 47.5 Å². The van der Waals surface area contributed by atoms with E-state index in [0.717, 1.165) is 5.56 Å². The predicted molar refractivity (Wildman–Crippen MR) is 122 cm³/mol. The molecule has 3 aromatic rings. The van der Waals surface area contributed by atoms with Gasteiger partial charge in [-0.2, -0.15) is 0 Å². The number of benzene rings is 2. The van der Waals surface area contributed by atoms with E-state index in [1.807, 2.05) is 18.2 Å². The van der Waals surface area contributed by atoms with Crippen molar-refractivity contribution in [3.8, 4) is 17.2 Å². The molecule has 0 bridgehead atoms. The first-order chi connectivity index (χ1) is 15.6. The lowest BCUT2D eigenvalue weighted by Gasteiger charge is -2.32. The molecule has 2 heterocycles. The van der Waals surface area contributed by atoms with Gasteiger partial charge in [0.15, 0.2) is 17.2 Å². The topological polar surface area (TPSA) is 122 Å². The normalized spacial score (nSPS) is 13.5. The van der Waals surface area contributed by atoms with Crippen LogP contribution >= 0.6 is 0 Å². The fourth-order valence-corrected chi connectivity index (χ4v) is 3.58. The van der Waals surface area contributed by atoms with Crippen LogP contribution in [0.25, 0.3) is 0 Å². The molecule has 0 aliphatic carbocycles. The molecule has 0 radical (unpaired) electrons. The lowest BCUT2D eigenvalue weighted by Crippen LogP contribution is -2.26. The van der Waals surface area contributed by atoms with Gasteiger partial charge in [0.1, 0.15) is 0 Å². The molecule has 1 amide bonds. The van der Waals surface area contributed by atoms with E-state index in [2.05, 4.69) is 41.7 Å². The highest BCUT2D eigenvalue weighted by Crippen LogP contribution is 2.42. The zero-order chi connectivity index (χ0) is 23.8. The third kappa shape index (κ3) is 4.50. The molecule has 0 fully saturated rings. The Bertz CT molecular complexity index is 1170. The number of amides is 1. The Morgan fingerprint density at radius 2 is 1.82 bits per heavy atom. The number of fused-ring (bicyclic) bond motifs is 1. The van der Waals surface area contributed by atoms with Gasteiger partial charge in [0.05, 0.1) is 17.3 Å². The molecule has 10 heteroatoms. The molecule has 10 nitrogen and oxygen atoms in total. The van der Waals surface area contributed by atoms with Gasteiger partial charge in [0.2, 0.25) is 18.4 Å². The molecule has 1 atom stereocenters. The van der Waals surface area contributed by atoms with Gasteiger partial charge in [-0.25, -0.2) is 4.63 Å². The lowest BCUT2D eigenvalue weighted by atomic mass is 9.82. The van der Waals surface area contributed by atoms with E-state index in [-0.39, 0.29) is 41.3 Å². The minimum atomic E-state index is -0.316. The Labute approximate surface area is 191 Å². The number of phenolic OH excluding ortho intramolecular Hbond substituents is 1. The number of rotatable bonds is 6. The molecule has 1 aromatic heterocycles. The van der Waals surface area contributed by atoms with E-state index >= 15 is 0 Å². The van der Waals surface area contributed by atoms with Crippen molar-refractivity contribution in [2.24, 2.45) is 5.41 Å². The molecular formula is C23H27N5O5. The number of aromatic nitrogens is 2. The van der Waals surface area contributed by atoms with Crippen LogP contribution in [0.4, 0.5) is 17.3 Å². The second-order valence-electron chi connectivity index (χ2n) is 9.04. The van der Waals surface area contributed by atoms with Gasteiger partial charge in [-0.15, -0.1) is 0 Å². The highest BCUT2D eigenvalue weighted by Gasteiger charge is 2.30. The molecule has 0 saturated carbocycles. The van der Waals surface area contributed by atoms with Crippen molar-refractivity contribution in [1.82, 2.24) is 15.2 Å². The minimum absolute atomic E-state index is 0.170. The fourth-order valence-electron chi connectivity index (χ4n) is 3.58. The number of nitrogens with one attached hydrogen (secondary N) is 2. The molecule has 0 saturated heterocycles. The average Bonchev–Trinajstić information content (AvgIpc) is 3.40. The van der Waals surface area contributed by atoms with Crippen molar-refractivity contribution in [1.29, 1.82) is 0 Å². The Balaban J connectivity index is 1.62. The summed E-state index contributed by atoms with van der Waals surface area (Å²) in [5.41, 5.74) is 1.23.